The van der Waals surface area contributed by atoms with Gasteiger partial charge < -0.3 is 28.3 Å². The zero-order valence-corrected chi connectivity index (χ0v) is 24.6. The zero-order chi connectivity index (χ0) is 28.4. The van der Waals surface area contributed by atoms with Gasteiger partial charge in [-0.1, -0.05) is 12.6 Å². The van der Waals surface area contributed by atoms with Gasteiger partial charge in [-0.25, -0.2) is 0 Å². The van der Waals surface area contributed by atoms with Gasteiger partial charge in [0.15, 0.2) is 11.9 Å². The van der Waals surface area contributed by atoms with Crippen LogP contribution < -0.4 is 19.1 Å². The van der Waals surface area contributed by atoms with E-state index in [0.717, 1.165) is 41.4 Å². The van der Waals surface area contributed by atoms with E-state index in [1.54, 1.807) is 0 Å². The highest BCUT2D eigenvalue weighted by molar-refractivity contribution is 8.56. The van der Waals surface area contributed by atoms with Crippen LogP contribution in [-0.4, -0.2) is 93.3 Å². The van der Waals surface area contributed by atoms with E-state index in [9.17, 15) is 4.79 Å². The van der Waals surface area contributed by atoms with Gasteiger partial charge in [0, 0.05) is 30.1 Å². The molecule has 1 N–H and O–H groups in total. The molecule has 2 saturated heterocycles. The van der Waals surface area contributed by atoms with Crippen molar-refractivity contribution < 1.29 is 19.0 Å². The molecule has 1 spiro atoms. The van der Waals surface area contributed by atoms with Crippen LogP contribution in [0.25, 0.3) is 10.9 Å². The number of nitrogens with zero attached hydrogens (tertiary/aromatic N) is 6. The van der Waals surface area contributed by atoms with E-state index in [0.29, 0.717) is 55.7 Å². The number of amides is 1. The van der Waals surface area contributed by atoms with Crippen molar-refractivity contribution in [1.29, 1.82) is 0 Å². The van der Waals surface area contributed by atoms with Gasteiger partial charge in [-0.2, -0.15) is 24.4 Å². The molecule has 6 heterocycles. The lowest BCUT2D eigenvalue weighted by atomic mass is 9.99. The van der Waals surface area contributed by atoms with Crippen molar-refractivity contribution in [3.8, 4) is 17.6 Å². The number of hydrogen-bond donors (Lipinski definition) is 2. The minimum absolute atomic E-state index is 0.0320. The fourth-order valence-electron chi connectivity index (χ4n) is 6.45. The summed E-state index contributed by atoms with van der Waals surface area (Å²) in [6.07, 6.45) is 7.30. The van der Waals surface area contributed by atoms with Crippen LogP contribution in [0, 0.1) is 6.92 Å². The van der Waals surface area contributed by atoms with Crippen LogP contribution >= 0.6 is 9.35 Å². The van der Waals surface area contributed by atoms with Crippen LogP contribution in [0.2, 0.25) is 0 Å². The molecule has 11 nitrogen and oxygen atoms in total. The minimum Gasteiger partial charge on any atom is -0.481 e. The molecule has 3 aromatic rings. The van der Waals surface area contributed by atoms with E-state index < -0.39 is 9.35 Å². The summed E-state index contributed by atoms with van der Waals surface area (Å²) in [5.41, 5.74) is 3.06. The molecule has 1 aromatic carbocycles. The SMILES string of the molecule is C=CC(=O)N1CCN(c2nc(OCC3CCCN3C)nc3c2OCC(c2c(C)ccc4[nH]ncc24)O3)C[SH]12(C)C=C2. The topological polar surface area (TPSA) is 109 Å². The number of anilines is 1. The molecule has 4 aliphatic rings. The number of thiol groups is 1. The van der Waals surface area contributed by atoms with Crippen molar-refractivity contribution in [2.75, 3.05) is 56.9 Å². The van der Waals surface area contributed by atoms with Gasteiger partial charge in [-0.3, -0.25) is 9.89 Å². The van der Waals surface area contributed by atoms with E-state index in [1.165, 1.54) is 6.08 Å². The number of hydrogen-bond acceptors (Lipinski definition) is 9. The molecule has 0 radical (unpaired) electrons. The fraction of sp³-hybridized carbons (Fsp3) is 0.448. The van der Waals surface area contributed by atoms with E-state index in [1.807, 2.05) is 16.6 Å². The smallest absolute Gasteiger partial charge is 0.322 e. The molecular formula is C29H37N7O4S. The predicted molar refractivity (Wildman–Crippen MR) is 161 cm³/mol. The Morgan fingerprint density at radius 1 is 1.27 bits per heavy atom. The second kappa shape index (κ2) is 9.38. The number of likely N-dealkylation sites (N-methyl/N-ethyl adjacent to an activating group) is 1. The normalized spacial score (nSPS) is 25.2. The molecule has 2 fully saturated rings. The average Bonchev–Trinajstić information content (AvgIpc) is 3.28. The molecule has 0 bridgehead atoms. The monoisotopic (exact) mass is 579 g/mol. The van der Waals surface area contributed by atoms with E-state index in [2.05, 4.69) is 63.7 Å². The lowest BCUT2D eigenvalue weighted by Gasteiger charge is -2.58. The Morgan fingerprint density at radius 2 is 2.12 bits per heavy atom. The molecule has 12 heteroatoms. The van der Waals surface area contributed by atoms with Crippen molar-refractivity contribution in [3.63, 3.8) is 0 Å². The molecule has 2 aromatic heterocycles. The predicted octanol–water partition coefficient (Wildman–Crippen LogP) is 3.54. The van der Waals surface area contributed by atoms with Crippen LogP contribution in [-0.2, 0) is 4.79 Å². The van der Waals surface area contributed by atoms with Crippen molar-refractivity contribution in [2.24, 2.45) is 0 Å². The first-order valence-electron chi connectivity index (χ1n) is 14.1. The number of nitrogens with one attached hydrogen (secondary N) is 1. The number of fused-ring (bicyclic) bond motifs is 2. The Morgan fingerprint density at radius 3 is 2.88 bits per heavy atom. The lowest BCUT2D eigenvalue weighted by Crippen LogP contribution is -2.51. The zero-order valence-electron chi connectivity index (χ0n) is 23.7. The number of ether oxygens (including phenoxy) is 3. The van der Waals surface area contributed by atoms with E-state index in [-0.39, 0.29) is 18.0 Å². The Hall–Kier alpha value is -3.77. The largest absolute Gasteiger partial charge is 0.481 e. The third-order valence-electron chi connectivity index (χ3n) is 9.04. The summed E-state index contributed by atoms with van der Waals surface area (Å²) >= 11 is 0. The summed E-state index contributed by atoms with van der Waals surface area (Å²) in [7, 11) is -0.502. The number of benzene rings is 1. The highest BCUT2D eigenvalue weighted by atomic mass is 32.3. The maximum Gasteiger partial charge on any atom is 0.322 e. The van der Waals surface area contributed by atoms with Gasteiger partial charge in [0.05, 0.1) is 17.6 Å². The Balaban J connectivity index is 1.24. The van der Waals surface area contributed by atoms with E-state index >= 15 is 0 Å². The number of aromatic amines is 1. The molecule has 41 heavy (non-hydrogen) atoms. The molecule has 2 atom stereocenters. The first-order valence-corrected chi connectivity index (χ1v) is 17.1. The lowest BCUT2D eigenvalue weighted by molar-refractivity contribution is -0.121. The molecule has 2 unspecified atom stereocenters. The number of likely N-dealkylation sites (tertiary alicyclic amines) is 1. The number of rotatable bonds is 6. The molecule has 4 aliphatic heterocycles. The van der Waals surface area contributed by atoms with Crippen LogP contribution in [0.15, 0.2) is 41.8 Å². The molecule has 0 aliphatic carbocycles. The Labute approximate surface area is 239 Å². The van der Waals surface area contributed by atoms with Crippen LogP contribution in [0.3, 0.4) is 0 Å². The summed E-state index contributed by atoms with van der Waals surface area (Å²) in [5.74, 6) is 2.15. The van der Waals surface area contributed by atoms with Crippen molar-refractivity contribution in [1.82, 2.24) is 29.4 Å². The second-order valence-corrected chi connectivity index (χ2v) is 17.1. The van der Waals surface area contributed by atoms with E-state index in [4.69, 9.17) is 24.2 Å². The Kier molecular flexibility index (Phi) is 5.98. The van der Waals surface area contributed by atoms with Crippen LogP contribution in [0.5, 0.6) is 17.6 Å². The van der Waals surface area contributed by atoms with Crippen molar-refractivity contribution >= 4 is 32.0 Å². The van der Waals surface area contributed by atoms with Gasteiger partial charge >= 0.3 is 6.01 Å². The van der Waals surface area contributed by atoms with Crippen molar-refractivity contribution in [2.45, 2.75) is 31.9 Å². The number of carbonyl (C=O) groups excluding carboxylic acids is 1. The standard InChI is InChI=1S/C29H37N7O4S/c1-5-24(37)36-12-11-35(18-41(36,4)13-14-41)27-26-28(32-29(31-27)39-16-20-7-6-10-34(20)3)40-23(17-38-26)25-19(2)8-9-22-21(25)15-30-33-22/h5,8-9,13-15,20,23,41H,1,6-7,10-12,16-18H2,2-4H3,(H,30,33). The highest BCUT2D eigenvalue weighted by Crippen LogP contribution is 2.83. The van der Waals surface area contributed by atoms with Gasteiger partial charge in [0.25, 0.3) is 11.8 Å². The first kappa shape index (κ1) is 26.1. The molecular weight excluding hydrogens is 542 g/mol. The molecule has 218 valence electrons. The third-order valence-corrected chi connectivity index (χ3v) is 13.5. The first-order chi connectivity index (χ1) is 19.8. The maximum absolute atomic E-state index is 12.7. The average molecular weight is 580 g/mol. The van der Waals surface area contributed by atoms with Crippen molar-refractivity contribution in [3.05, 3.63) is 52.9 Å². The quantitative estimate of drug-likeness (QED) is 0.335. The summed E-state index contributed by atoms with van der Waals surface area (Å²) in [6.45, 7) is 8.83. The summed E-state index contributed by atoms with van der Waals surface area (Å²) in [6, 6.07) is 4.68. The number of aryl methyl sites for hydroxylation is 1. The van der Waals surface area contributed by atoms with Gasteiger partial charge in [-0.15, -0.1) is 0 Å². The number of aromatic nitrogens is 4. The second-order valence-electron chi connectivity index (χ2n) is 11.9. The summed E-state index contributed by atoms with van der Waals surface area (Å²) in [5, 5.41) is 12.7. The number of H-pyrrole nitrogens is 1. The third kappa shape index (κ3) is 4.31. The summed E-state index contributed by atoms with van der Waals surface area (Å²) < 4.78 is 21.3. The summed E-state index contributed by atoms with van der Waals surface area (Å²) in [4.78, 5) is 26.9. The minimum atomic E-state index is -2.62. The highest BCUT2D eigenvalue weighted by Gasteiger charge is 2.52. The molecule has 0 saturated carbocycles. The Bertz CT molecular complexity index is 1580. The fourth-order valence-corrected chi connectivity index (χ4v) is 10.7. The van der Waals surface area contributed by atoms with Gasteiger partial charge in [0.2, 0.25) is 5.75 Å². The van der Waals surface area contributed by atoms with Gasteiger partial charge in [0.1, 0.15) is 13.2 Å². The van der Waals surface area contributed by atoms with Crippen LogP contribution in [0.4, 0.5) is 5.82 Å². The number of carbonyl (C=O) groups is 1. The van der Waals surface area contributed by atoms with Gasteiger partial charge in [-0.05, 0) is 68.1 Å². The maximum atomic E-state index is 12.7. The molecule has 7 rings (SSSR count). The molecule has 1 amide bonds. The van der Waals surface area contributed by atoms with Crippen LogP contribution in [0.1, 0.15) is 30.1 Å².